The molecule has 0 amide bonds. The number of Topliss-reactive ketones (excluding diaryl/α,β-unsaturated/α-hetero) is 1. The molecule has 0 aliphatic rings. The Balaban J connectivity index is 2.52. The predicted molar refractivity (Wildman–Crippen MR) is 99.2 cm³/mol. The summed E-state index contributed by atoms with van der Waals surface area (Å²) >= 11 is 2.04. The fourth-order valence-electron chi connectivity index (χ4n) is 2.52. The van der Waals surface area contributed by atoms with E-state index in [1.54, 1.807) is 33.0 Å². The Hall–Kier alpha value is -1.54. The molecule has 0 N–H and O–H groups in total. The molecule has 0 fully saturated rings. The number of aromatic nitrogens is 1. The van der Waals surface area contributed by atoms with Crippen LogP contribution in [-0.2, 0) is 18.2 Å². The number of carbonyl (C=O) groups excluding carboxylic acids is 1. The van der Waals surface area contributed by atoms with E-state index in [2.05, 4.69) is 0 Å². The number of nitrogens with zero attached hydrogens (tertiary/aromatic N) is 1. The van der Waals surface area contributed by atoms with Crippen LogP contribution in [-0.4, -0.2) is 23.6 Å². The van der Waals surface area contributed by atoms with E-state index in [0.29, 0.717) is 28.9 Å². The van der Waals surface area contributed by atoms with Gasteiger partial charge in [-0.05, 0) is 59.7 Å². The standard InChI is InChI=1S/C18H19FINO3/c1-4-24-10-17(22)15-9-21(3)18(23)11(2)14(15)7-12-5-6-13(20)8-16(12)19/h5-6,8-9H,4,7,10H2,1-3H3. The number of ketones is 1. The first kappa shape index (κ1) is 18.8. The number of ether oxygens (including phenoxy) is 1. The maximum absolute atomic E-state index is 14.2. The van der Waals surface area contributed by atoms with Crippen molar-refractivity contribution in [2.75, 3.05) is 13.2 Å². The van der Waals surface area contributed by atoms with Crippen LogP contribution in [0.2, 0.25) is 0 Å². The Labute approximate surface area is 153 Å². The molecular formula is C18H19FINO3. The normalized spacial score (nSPS) is 10.9. The second kappa shape index (κ2) is 8.02. The average Bonchev–Trinajstić information content (AvgIpc) is 2.54. The lowest BCUT2D eigenvalue weighted by Crippen LogP contribution is -2.25. The topological polar surface area (TPSA) is 48.3 Å². The third kappa shape index (κ3) is 4.10. The first-order valence-electron chi connectivity index (χ1n) is 7.59. The summed E-state index contributed by atoms with van der Waals surface area (Å²) in [4.78, 5) is 24.7. The van der Waals surface area contributed by atoms with Gasteiger partial charge in [-0.3, -0.25) is 9.59 Å². The quantitative estimate of drug-likeness (QED) is 0.509. The summed E-state index contributed by atoms with van der Waals surface area (Å²) in [5.41, 5.74) is 1.68. The summed E-state index contributed by atoms with van der Waals surface area (Å²) in [6.45, 7) is 3.84. The molecule has 24 heavy (non-hydrogen) atoms. The minimum atomic E-state index is -0.342. The van der Waals surface area contributed by atoms with Crippen molar-refractivity contribution >= 4 is 28.4 Å². The number of pyridine rings is 1. The van der Waals surface area contributed by atoms with Crippen molar-refractivity contribution in [3.05, 3.63) is 66.4 Å². The van der Waals surface area contributed by atoms with Gasteiger partial charge < -0.3 is 9.30 Å². The van der Waals surface area contributed by atoms with E-state index in [1.807, 2.05) is 22.6 Å². The largest absolute Gasteiger partial charge is 0.374 e. The van der Waals surface area contributed by atoms with E-state index < -0.39 is 0 Å². The van der Waals surface area contributed by atoms with Gasteiger partial charge in [0.1, 0.15) is 12.4 Å². The summed E-state index contributed by atoms with van der Waals surface area (Å²) in [5, 5.41) is 0. The third-order valence-corrected chi connectivity index (χ3v) is 4.53. The molecule has 128 valence electrons. The lowest BCUT2D eigenvalue weighted by Gasteiger charge is -2.14. The van der Waals surface area contributed by atoms with Crippen molar-refractivity contribution in [3.63, 3.8) is 0 Å². The summed E-state index contributed by atoms with van der Waals surface area (Å²) in [5.74, 6) is -0.554. The van der Waals surface area contributed by atoms with Crippen LogP contribution in [0.4, 0.5) is 4.39 Å². The van der Waals surface area contributed by atoms with Crippen LogP contribution in [0, 0.1) is 16.3 Å². The van der Waals surface area contributed by atoms with Gasteiger partial charge in [-0.1, -0.05) is 6.07 Å². The number of halogens is 2. The van der Waals surface area contributed by atoms with Gasteiger partial charge in [-0.15, -0.1) is 0 Å². The molecule has 0 saturated heterocycles. The van der Waals surface area contributed by atoms with Gasteiger partial charge in [-0.25, -0.2) is 4.39 Å². The fraction of sp³-hybridized carbons (Fsp3) is 0.333. The molecule has 0 saturated carbocycles. The van der Waals surface area contributed by atoms with Crippen molar-refractivity contribution < 1.29 is 13.9 Å². The van der Waals surface area contributed by atoms with Gasteiger partial charge in [-0.2, -0.15) is 0 Å². The Kier molecular flexibility index (Phi) is 6.28. The lowest BCUT2D eigenvalue weighted by atomic mass is 9.95. The highest BCUT2D eigenvalue weighted by Gasteiger charge is 2.18. The second-order valence-corrected chi connectivity index (χ2v) is 6.78. The molecule has 0 bridgehead atoms. The van der Waals surface area contributed by atoms with E-state index >= 15 is 0 Å². The van der Waals surface area contributed by atoms with E-state index in [0.717, 1.165) is 3.57 Å². The summed E-state index contributed by atoms with van der Waals surface area (Å²) < 4.78 is 21.5. The zero-order chi connectivity index (χ0) is 17.9. The smallest absolute Gasteiger partial charge is 0.253 e. The van der Waals surface area contributed by atoms with E-state index in [-0.39, 0.29) is 30.2 Å². The van der Waals surface area contributed by atoms with Crippen molar-refractivity contribution in [1.82, 2.24) is 4.57 Å². The molecule has 0 aliphatic carbocycles. The van der Waals surface area contributed by atoms with Gasteiger partial charge in [0.25, 0.3) is 5.56 Å². The lowest BCUT2D eigenvalue weighted by molar-refractivity contribution is 0.0781. The SMILES string of the molecule is CCOCC(=O)c1cn(C)c(=O)c(C)c1Cc1ccc(I)cc1F. The molecule has 0 spiro atoms. The van der Waals surface area contributed by atoms with Crippen molar-refractivity contribution in [1.29, 1.82) is 0 Å². The highest BCUT2D eigenvalue weighted by atomic mass is 127. The molecule has 0 aliphatic heterocycles. The van der Waals surface area contributed by atoms with E-state index in [9.17, 15) is 14.0 Å². The third-order valence-electron chi connectivity index (χ3n) is 3.86. The molecule has 2 aromatic rings. The highest BCUT2D eigenvalue weighted by molar-refractivity contribution is 14.1. The number of aryl methyl sites for hydroxylation is 1. The highest BCUT2D eigenvalue weighted by Crippen LogP contribution is 2.20. The van der Waals surface area contributed by atoms with Crippen LogP contribution < -0.4 is 5.56 Å². The maximum Gasteiger partial charge on any atom is 0.253 e. The first-order valence-corrected chi connectivity index (χ1v) is 8.67. The van der Waals surface area contributed by atoms with Gasteiger partial charge in [0, 0.05) is 41.0 Å². The Morgan fingerprint density at radius 1 is 1.38 bits per heavy atom. The molecule has 2 rings (SSSR count). The van der Waals surface area contributed by atoms with Gasteiger partial charge in [0.15, 0.2) is 5.78 Å². The minimum absolute atomic E-state index is 0.0592. The minimum Gasteiger partial charge on any atom is -0.374 e. The number of benzene rings is 1. The predicted octanol–water partition coefficient (Wildman–Crippen LogP) is 3.25. The van der Waals surface area contributed by atoms with Crippen LogP contribution in [0.15, 0.2) is 29.2 Å². The summed E-state index contributed by atoms with van der Waals surface area (Å²) in [6, 6.07) is 4.93. The number of carbonyl (C=O) groups is 1. The number of hydrogen-bond acceptors (Lipinski definition) is 3. The van der Waals surface area contributed by atoms with Gasteiger partial charge >= 0.3 is 0 Å². The first-order chi connectivity index (χ1) is 11.3. The van der Waals surface area contributed by atoms with Crippen LogP contribution in [0.25, 0.3) is 0 Å². The van der Waals surface area contributed by atoms with Crippen molar-refractivity contribution in [3.8, 4) is 0 Å². The molecule has 6 heteroatoms. The second-order valence-electron chi connectivity index (χ2n) is 5.54. The van der Waals surface area contributed by atoms with Gasteiger partial charge in [0.05, 0.1) is 0 Å². The van der Waals surface area contributed by atoms with Crippen molar-refractivity contribution in [2.24, 2.45) is 7.05 Å². The molecule has 0 unspecified atom stereocenters. The molecule has 0 radical (unpaired) electrons. The molecule has 4 nitrogen and oxygen atoms in total. The molecule has 0 atom stereocenters. The maximum atomic E-state index is 14.2. The number of rotatable bonds is 6. The van der Waals surface area contributed by atoms with Gasteiger partial charge in [0.2, 0.25) is 0 Å². The summed E-state index contributed by atoms with van der Waals surface area (Å²) in [6.07, 6.45) is 1.70. The Bertz CT molecular complexity index is 830. The zero-order valence-electron chi connectivity index (χ0n) is 13.9. The van der Waals surface area contributed by atoms with E-state index in [4.69, 9.17) is 4.74 Å². The molecule has 1 aromatic heterocycles. The zero-order valence-corrected chi connectivity index (χ0v) is 16.0. The molecule has 1 heterocycles. The van der Waals surface area contributed by atoms with Crippen LogP contribution >= 0.6 is 22.6 Å². The molecular weight excluding hydrogens is 424 g/mol. The van der Waals surface area contributed by atoms with Crippen molar-refractivity contribution in [2.45, 2.75) is 20.3 Å². The fourth-order valence-corrected chi connectivity index (χ4v) is 2.98. The Morgan fingerprint density at radius 2 is 2.08 bits per heavy atom. The average molecular weight is 443 g/mol. The van der Waals surface area contributed by atoms with E-state index in [1.165, 1.54) is 16.8 Å². The Morgan fingerprint density at radius 3 is 2.71 bits per heavy atom. The number of hydrogen-bond donors (Lipinski definition) is 0. The van der Waals surface area contributed by atoms with Crippen LogP contribution in [0.5, 0.6) is 0 Å². The molecule has 1 aromatic carbocycles. The summed E-state index contributed by atoms with van der Waals surface area (Å²) in [7, 11) is 1.60. The van der Waals surface area contributed by atoms with Crippen LogP contribution in [0.3, 0.4) is 0 Å². The van der Waals surface area contributed by atoms with Crippen LogP contribution in [0.1, 0.15) is 34.0 Å². The monoisotopic (exact) mass is 443 g/mol.